The van der Waals surface area contributed by atoms with Crippen molar-refractivity contribution in [3.05, 3.63) is 65.7 Å². The van der Waals surface area contributed by atoms with Crippen LogP contribution in [0.1, 0.15) is 37.8 Å². The molecule has 0 bridgehead atoms. The van der Waals surface area contributed by atoms with Gasteiger partial charge in [-0.3, -0.25) is 4.79 Å². The predicted octanol–water partition coefficient (Wildman–Crippen LogP) is 2.95. The average Bonchev–Trinajstić information content (AvgIpc) is 2.73. The molecule has 0 aromatic heterocycles. The van der Waals surface area contributed by atoms with Crippen molar-refractivity contribution in [3.8, 4) is 5.75 Å². The van der Waals surface area contributed by atoms with Gasteiger partial charge in [-0.05, 0) is 49.2 Å². The Bertz CT molecular complexity index is 782. The van der Waals surface area contributed by atoms with Crippen molar-refractivity contribution < 1.29 is 14.6 Å². The van der Waals surface area contributed by atoms with Crippen molar-refractivity contribution in [1.29, 1.82) is 0 Å². The molecule has 1 amide bonds. The highest BCUT2D eigenvalue weighted by molar-refractivity contribution is 5.76. The highest BCUT2D eigenvalue weighted by Gasteiger charge is 2.25. The molecule has 3 rings (SSSR count). The van der Waals surface area contributed by atoms with E-state index in [4.69, 9.17) is 10.5 Å². The Labute approximate surface area is 173 Å². The zero-order chi connectivity index (χ0) is 20.9. The number of aliphatic hydroxyl groups excluding tert-OH is 1. The molecule has 0 unspecified atom stereocenters. The number of nitrogens with zero attached hydrogens (tertiary/aromatic N) is 1. The molecule has 5 nitrogen and oxygen atoms in total. The molecule has 1 atom stereocenters. The summed E-state index contributed by atoms with van der Waals surface area (Å²) in [7, 11) is 0. The lowest BCUT2D eigenvalue weighted by molar-refractivity contribution is -0.123. The molecule has 1 fully saturated rings. The van der Waals surface area contributed by atoms with Gasteiger partial charge in [-0.2, -0.15) is 0 Å². The first-order chi connectivity index (χ1) is 13.9. The normalized spacial score (nSPS) is 17.1. The fourth-order valence-corrected chi connectivity index (χ4v) is 3.93. The third kappa shape index (κ3) is 5.58. The maximum Gasteiger partial charge on any atom is 0.220 e. The van der Waals surface area contributed by atoms with Crippen molar-refractivity contribution >= 4 is 5.91 Å². The summed E-state index contributed by atoms with van der Waals surface area (Å²) in [6.45, 7) is 6.79. The molecule has 1 saturated heterocycles. The van der Waals surface area contributed by atoms with Gasteiger partial charge in [0.05, 0.1) is 0 Å². The lowest BCUT2D eigenvalue weighted by Crippen LogP contribution is -2.43. The molecule has 2 aromatic carbocycles. The van der Waals surface area contributed by atoms with Crippen LogP contribution in [0.4, 0.5) is 0 Å². The molecule has 156 valence electrons. The van der Waals surface area contributed by atoms with Gasteiger partial charge in [0.25, 0.3) is 0 Å². The standard InChI is InChI=1S/C24H32N2O3/c1-24(2,19-6-4-3-5-7-19)20-8-10-22(11-9-20)29-17-21(27)16-26-14-12-18(13-15-26)23(25)28/h3-11,18,21,27H,12-17H2,1-2H3,(H2,25,28)/t21-/m0/s1. The number of hydrogen-bond acceptors (Lipinski definition) is 4. The second kappa shape index (κ2) is 9.42. The highest BCUT2D eigenvalue weighted by atomic mass is 16.5. The Balaban J connectivity index is 1.48. The second-order valence-electron chi connectivity index (χ2n) is 8.46. The van der Waals surface area contributed by atoms with Crippen molar-refractivity contribution in [1.82, 2.24) is 4.90 Å². The van der Waals surface area contributed by atoms with Gasteiger partial charge < -0.3 is 20.5 Å². The molecule has 3 N–H and O–H groups in total. The zero-order valence-electron chi connectivity index (χ0n) is 17.4. The number of amides is 1. The van der Waals surface area contributed by atoms with Crippen LogP contribution in [0.3, 0.4) is 0 Å². The Morgan fingerprint density at radius 3 is 2.28 bits per heavy atom. The molecule has 0 saturated carbocycles. The zero-order valence-corrected chi connectivity index (χ0v) is 17.4. The molecule has 2 aromatic rings. The van der Waals surface area contributed by atoms with E-state index in [1.54, 1.807) is 0 Å². The number of hydrogen-bond donors (Lipinski definition) is 2. The third-order valence-corrected chi connectivity index (χ3v) is 5.97. The molecule has 1 aliphatic heterocycles. The van der Waals surface area contributed by atoms with Gasteiger partial charge in [-0.1, -0.05) is 56.3 Å². The number of aliphatic hydroxyl groups is 1. The van der Waals surface area contributed by atoms with E-state index in [2.05, 4.69) is 55.1 Å². The molecule has 29 heavy (non-hydrogen) atoms. The van der Waals surface area contributed by atoms with E-state index in [-0.39, 0.29) is 23.8 Å². The van der Waals surface area contributed by atoms with Gasteiger partial charge in [0.2, 0.25) is 5.91 Å². The Kier molecular flexibility index (Phi) is 6.93. The van der Waals surface area contributed by atoms with Crippen LogP contribution in [0.25, 0.3) is 0 Å². The summed E-state index contributed by atoms with van der Waals surface area (Å²) >= 11 is 0. The van der Waals surface area contributed by atoms with Crippen LogP contribution in [0.2, 0.25) is 0 Å². The van der Waals surface area contributed by atoms with E-state index in [1.165, 1.54) is 11.1 Å². The molecule has 0 radical (unpaired) electrons. The number of carbonyl (C=O) groups excluding carboxylic acids is 1. The minimum atomic E-state index is -0.569. The van der Waals surface area contributed by atoms with Gasteiger partial charge in [-0.15, -0.1) is 0 Å². The summed E-state index contributed by atoms with van der Waals surface area (Å²) in [5.74, 6) is 0.509. The second-order valence-corrected chi connectivity index (χ2v) is 8.46. The quantitative estimate of drug-likeness (QED) is 0.719. The maximum atomic E-state index is 11.2. The minimum Gasteiger partial charge on any atom is -0.491 e. The highest BCUT2D eigenvalue weighted by Crippen LogP contribution is 2.32. The summed E-state index contributed by atoms with van der Waals surface area (Å²) < 4.78 is 5.79. The SMILES string of the molecule is CC(C)(c1ccccc1)c1ccc(OC[C@@H](O)CN2CCC(C(N)=O)CC2)cc1. The first-order valence-corrected chi connectivity index (χ1v) is 10.3. The largest absolute Gasteiger partial charge is 0.491 e. The summed E-state index contributed by atoms with van der Waals surface area (Å²) in [5.41, 5.74) is 7.77. The fraction of sp³-hybridized carbons (Fsp3) is 0.458. The van der Waals surface area contributed by atoms with E-state index in [9.17, 15) is 9.90 Å². The third-order valence-electron chi connectivity index (χ3n) is 5.97. The number of carbonyl (C=O) groups is 1. The van der Waals surface area contributed by atoms with E-state index >= 15 is 0 Å². The van der Waals surface area contributed by atoms with Crippen LogP contribution in [0, 0.1) is 5.92 Å². The van der Waals surface area contributed by atoms with Crippen molar-refractivity contribution in [2.24, 2.45) is 11.7 Å². The molecule has 0 spiro atoms. The Morgan fingerprint density at radius 2 is 1.69 bits per heavy atom. The van der Waals surface area contributed by atoms with Crippen LogP contribution < -0.4 is 10.5 Å². The molecule has 0 aliphatic carbocycles. The molecular weight excluding hydrogens is 364 g/mol. The van der Waals surface area contributed by atoms with E-state index in [0.29, 0.717) is 6.54 Å². The van der Waals surface area contributed by atoms with Crippen molar-refractivity contribution in [2.45, 2.75) is 38.2 Å². The van der Waals surface area contributed by atoms with Gasteiger partial charge >= 0.3 is 0 Å². The summed E-state index contributed by atoms with van der Waals surface area (Å²) in [4.78, 5) is 13.4. The van der Waals surface area contributed by atoms with Crippen LogP contribution >= 0.6 is 0 Å². The number of primary amides is 1. The van der Waals surface area contributed by atoms with Crippen LogP contribution in [-0.2, 0) is 10.2 Å². The van der Waals surface area contributed by atoms with E-state index < -0.39 is 6.10 Å². The number of rotatable bonds is 8. The van der Waals surface area contributed by atoms with Gasteiger partial charge in [0.1, 0.15) is 18.5 Å². The van der Waals surface area contributed by atoms with E-state index in [1.807, 2.05) is 18.2 Å². The van der Waals surface area contributed by atoms with Crippen molar-refractivity contribution in [3.63, 3.8) is 0 Å². The first-order valence-electron chi connectivity index (χ1n) is 10.3. The average molecular weight is 397 g/mol. The number of ether oxygens (including phenoxy) is 1. The number of nitrogens with two attached hydrogens (primary N) is 1. The van der Waals surface area contributed by atoms with Crippen LogP contribution in [0.15, 0.2) is 54.6 Å². The summed E-state index contributed by atoms with van der Waals surface area (Å²) in [6, 6.07) is 18.5. The van der Waals surface area contributed by atoms with Gasteiger partial charge in [0, 0.05) is 17.9 Å². The number of piperidine rings is 1. The number of likely N-dealkylation sites (tertiary alicyclic amines) is 1. The topological polar surface area (TPSA) is 75.8 Å². The fourth-order valence-electron chi connectivity index (χ4n) is 3.93. The summed E-state index contributed by atoms with van der Waals surface area (Å²) in [6.07, 6.45) is 0.962. The van der Waals surface area contributed by atoms with Gasteiger partial charge in [-0.25, -0.2) is 0 Å². The minimum absolute atomic E-state index is 0.0294. The smallest absolute Gasteiger partial charge is 0.220 e. The van der Waals surface area contributed by atoms with Crippen LogP contribution in [-0.4, -0.2) is 48.3 Å². The van der Waals surface area contributed by atoms with Gasteiger partial charge in [0.15, 0.2) is 0 Å². The van der Waals surface area contributed by atoms with E-state index in [0.717, 1.165) is 31.7 Å². The monoisotopic (exact) mass is 396 g/mol. The molecular formula is C24H32N2O3. The molecule has 5 heteroatoms. The summed E-state index contributed by atoms with van der Waals surface area (Å²) in [5, 5.41) is 10.3. The maximum absolute atomic E-state index is 11.2. The predicted molar refractivity (Wildman–Crippen MR) is 115 cm³/mol. The Morgan fingerprint density at radius 1 is 1.10 bits per heavy atom. The number of benzene rings is 2. The lowest BCUT2D eigenvalue weighted by atomic mass is 9.78. The first kappa shape index (κ1) is 21.3. The number of β-amino-alcohol motifs (C(OH)–C–C–N with tert-alkyl or cyclic N) is 1. The molecule has 1 heterocycles. The van der Waals surface area contributed by atoms with Crippen LogP contribution in [0.5, 0.6) is 5.75 Å². The lowest BCUT2D eigenvalue weighted by Gasteiger charge is -2.31. The molecule has 1 aliphatic rings. The van der Waals surface area contributed by atoms with Crippen molar-refractivity contribution in [2.75, 3.05) is 26.2 Å². The Hall–Kier alpha value is -2.37.